The SMILES string of the molecule is C=C(/C=N\c1c(C)ncn1OCc1cc(F)ccc1Cl)C(/C=C\C)=C/C.CCc1ccccc1. The fraction of sp³-hybridized carbons (Fsp3) is 0.214. The van der Waals surface area contributed by atoms with Gasteiger partial charge in [-0.05, 0) is 62.1 Å². The second-order valence-electron chi connectivity index (χ2n) is 7.36. The molecule has 3 aromatic rings. The van der Waals surface area contributed by atoms with Crippen LogP contribution in [0, 0.1) is 12.7 Å². The molecule has 0 aliphatic rings. The van der Waals surface area contributed by atoms with E-state index in [1.165, 1.54) is 34.8 Å². The van der Waals surface area contributed by atoms with Gasteiger partial charge in [-0.2, -0.15) is 4.73 Å². The van der Waals surface area contributed by atoms with Crippen LogP contribution < -0.4 is 4.84 Å². The number of aliphatic imine (C=N–C) groups is 1. The highest BCUT2D eigenvalue weighted by Gasteiger charge is 2.09. The van der Waals surface area contributed by atoms with E-state index in [-0.39, 0.29) is 12.4 Å². The van der Waals surface area contributed by atoms with Crippen molar-refractivity contribution in [1.29, 1.82) is 0 Å². The lowest BCUT2D eigenvalue weighted by Crippen LogP contribution is -2.10. The second-order valence-corrected chi connectivity index (χ2v) is 7.76. The molecule has 0 atom stereocenters. The van der Waals surface area contributed by atoms with Crippen LogP contribution in [0.25, 0.3) is 0 Å². The summed E-state index contributed by atoms with van der Waals surface area (Å²) < 4.78 is 14.8. The standard InChI is InChI=1S/C20H21ClFN3O.C8H10/c1-5-7-16(6-2)14(3)11-23-20-15(4)24-13-25(20)26-12-17-10-18(22)8-9-19(17)21;1-2-8-6-4-3-5-7-8/h5-11,13H,3,12H2,1-2,4H3;3-7H,2H2,1H3/b7-5-,16-6+,23-11-;. The largest absolute Gasteiger partial charge is 0.406 e. The normalized spacial score (nSPS) is 11.5. The molecule has 0 radical (unpaired) electrons. The van der Waals surface area contributed by atoms with Crippen molar-refractivity contribution >= 4 is 23.6 Å². The Labute approximate surface area is 206 Å². The molecule has 0 fully saturated rings. The van der Waals surface area contributed by atoms with E-state index in [4.69, 9.17) is 16.4 Å². The lowest BCUT2D eigenvalue weighted by Gasteiger charge is -2.09. The van der Waals surface area contributed by atoms with E-state index in [0.29, 0.717) is 22.1 Å². The summed E-state index contributed by atoms with van der Waals surface area (Å²) in [4.78, 5) is 14.3. The van der Waals surface area contributed by atoms with Crippen molar-refractivity contribution in [3.05, 3.63) is 118 Å². The van der Waals surface area contributed by atoms with Gasteiger partial charge in [-0.1, -0.05) is 73.7 Å². The van der Waals surface area contributed by atoms with Crippen molar-refractivity contribution in [2.24, 2.45) is 4.99 Å². The van der Waals surface area contributed by atoms with Crippen LogP contribution in [0.5, 0.6) is 0 Å². The van der Waals surface area contributed by atoms with Gasteiger partial charge in [-0.25, -0.2) is 14.4 Å². The van der Waals surface area contributed by atoms with E-state index in [1.807, 2.05) is 45.1 Å². The fourth-order valence-corrected chi connectivity index (χ4v) is 3.12. The summed E-state index contributed by atoms with van der Waals surface area (Å²) in [6.45, 7) is 12.0. The Morgan fingerprint density at radius 1 is 1.21 bits per heavy atom. The van der Waals surface area contributed by atoms with Gasteiger partial charge in [-0.3, -0.25) is 0 Å². The molecule has 34 heavy (non-hydrogen) atoms. The molecular weight excluding hydrogens is 449 g/mol. The number of hydrogen-bond acceptors (Lipinski definition) is 3. The van der Waals surface area contributed by atoms with E-state index >= 15 is 0 Å². The molecule has 0 aliphatic heterocycles. The minimum Gasteiger partial charge on any atom is -0.406 e. The maximum atomic E-state index is 13.4. The van der Waals surface area contributed by atoms with E-state index in [9.17, 15) is 4.39 Å². The van der Waals surface area contributed by atoms with Crippen LogP contribution in [0.1, 0.15) is 37.6 Å². The second kappa shape index (κ2) is 14.0. The number of halogens is 2. The third-order valence-corrected chi connectivity index (χ3v) is 5.25. The number of nitrogens with zero attached hydrogens (tertiary/aromatic N) is 3. The van der Waals surface area contributed by atoms with Crippen LogP contribution in [0.2, 0.25) is 5.02 Å². The van der Waals surface area contributed by atoms with Crippen molar-refractivity contribution in [2.75, 3.05) is 0 Å². The molecular formula is C28H31ClFN3O. The van der Waals surface area contributed by atoms with Crippen LogP contribution in [-0.4, -0.2) is 15.9 Å². The summed E-state index contributed by atoms with van der Waals surface area (Å²) in [5.41, 5.74) is 4.40. The minimum absolute atomic E-state index is 0.0918. The maximum Gasteiger partial charge on any atom is 0.191 e. The lowest BCUT2D eigenvalue weighted by molar-refractivity contribution is 0.100. The third-order valence-electron chi connectivity index (χ3n) is 4.88. The molecule has 0 bridgehead atoms. The zero-order valence-electron chi connectivity index (χ0n) is 20.1. The van der Waals surface area contributed by atoms with Crippen LogP contribution in [0.15, 0.2) is 95.8 Å². The molecule has 1 aromatic heterocycles. The molecule has 0 saturated carbocycles. The molecule has 4 nitrogen and oxygen atoms in total. The predicted molar refractivity (Wildman–Crippen MR) is 140 cm³/mol. The summed E-state index contributed by atoms with van der Waals surface area (Å²) in [7, 11) is 0. The number of imidazole rings is 1. The first-order chi connectivity index (χ1) is 16.4. The monoisotopic (exact) mass is 479 g/mol. The van der Waals surface area contributed by atoms with E-state index in [2.05, 4.69) is 47.7 Å². The van der Waals surface area contributed by atoms with Crippen molar-refractivity contribution < 1.29 is 9.23 Å². The number of rotatable bonds is 8. The molecule has 0 N–H and O–H groups in total. The summed E-state index contributed by atoms with van der Waals surface area (Å²) in [5, 5.41) is 0.436. The van der Waals surface area contributed by atoms with Gasteiger partial charge in [0.25, 0.3) is 0 Å². The minimum atomic E-state index is -0.368. The van der Waals surface area contributed by atoms with Crippen molar-refractivity contribution in [3.8, 4) is 0 Å². The topological polar surface area (TPSA) is 39.4 Å². The van der Waals surface area contributed by atoms with Crippen LogP contribution >= 0.6 is 11.6 Å². The molecule has 3 rings (SSSR count). The Hall–Kier alpha value is -3.44. The Kier molecular flexibility index (Phi) is 11.0. The Morgan fingerprint density at radius 2 is 1.94 bits per heavy atom. The molecule has 0 amide bonds. The van der Waals surface area contributed by atoms with Crippen LogP contribution in [-0.2, 0) is 13.0 Å². The molecule has 0 saturated heterocycles. The molecule has 178 valence electrons. The first-order valence-electron chi connectivity index (χ1n) is 11.1. The van der Waals surface area contributed by atoms with E-state index < -0.39 is 0 Å². The highest BCUT2D eigenvalue weighted by molar-refractivity contribution is 6.31. The first kappa shape index (κ1) is 26.8. The van der Waals surface area contributed by atoms with Crippen molar-refractivity contribution in [2.45, 2.75) is 40.7 Å². The maximum absolute atomic E-state index is 13.4. The fourth-order valence-electron chi connectivity index (χ4n) is 2.94. The number of benzene rings is 2. The van der Waals surface area contributed by atoms with Gasteiger partial charge in [-0.15, -0.1) is 0 Å². The molecule has 0 spiro atoms. The smallest absolute Gasteiger partial charge is 0.191 e. The molecule has 2 aromatic carbocycles. The zero-order valence-corrected chi connectivity index (χ0v) is 20.9. The highest BCUT2D eigenvalue weighted by Crippen LogP contribution is 2.20. The van der Waals surface area contributed by atoms with Gasteiger partial charge in [0.05, 0.1) is 5.69 Å². The predicted octanol–water partition coefficient (Wildman–Crippen LogP) is 7.64. The quantitative estimate of drug-likeness (QED) is 0.246. The van der Waals surface area contributed by atoms with Crippen molar-refractivity contribution in [3.63, 3.8) is 0 Å². The Bertz CT molecular complexity index is 1160. The number of allylic oxidation sites excluding steroid dienone is 5. The number of aryl methyl sites for hydroxylation is 2. The highest BCUT2D eigenvalue weighted by atomic mass is 35.5. The molecule has 0 unspecified atom stereocenters. The molecule has 0 aliphatic carbocycles. The third kappa shape index (κ3) is 8.16. The van der Waals surface area contributed by atoms with E-state index in [1.54, 1.807) is 6.21 Å². The lowest BCUT2D eigenvalue weighted by atomic mass is 10.1. The zero-order chi connectivity index (χ0) is 24.9. The van der Waals surface area contributed by atoms with Crippen LogP contribution in [0.3, 0.4) is 0 Å². The summed E-state index contributed by atoms with van der Waals surface area (Å²) in [6.07, 6.45) is 10.2. The van der Waals surface area contributed by atoms with Gasteiger partial charge in [0.1, 0.15) is 18.8 Å². The summed E-state index contributed by atoms with van der Waals surface area (Å²) in [5.74, 6) is 0.168. The average Bonchev–Trinajstić information content (AvgIpc) is 3.21. The molecule has 6 heteroatoms. The number of aromatic nitrogens is 2. The van der Waals surface area contributed by atoms with Crippen LogP contribution in [0.4, 0.5) is 10.2 Å². The van der Waals surface area contributed by atoms with Gasteiger partial charge in [0.15, 0.2) is 5.82 Å². The summed E-state index contributed by atoms with van der Waals surface area (Å²) in [6, 6.07) is 14.6. The molecule has 1 heterocycles. The van der Waals surface area contributed by atoms with Crippen molar-refractivity contribution in [1.82, 2.24) is 9.71 Å². The summed E-state index contributed by atoms with van der Waals surface area (Å²) >= 11 is 6.07. The first-order valence-corrected chi connectivity index (χ1v) is 11.4. The number of hydrogen-bond donors (Lipinski definition) is 0. The Balaban J connectivity index is 0.000000430. The Morgan fingerprint density at radius 3 is 2.56 bits per heavy atom. The average molecular weight is 480 g/mol. The van der Waals surface area contributed by atoms with Gasteiger partial charge in [0, 0.05) is 16.8 Å². The van der Waals surface area contributed by atoms with Gasteiger partial charge < -0.3 is 4.84 Å². The van der Waals surface area contributed by atoms with E-state index in [0.717, 1.165) is 17.6 Å². The van der Waals surface area contributed by atoms with Gasteiger partial charge in [0.2, 0.25) is 0 Å². The van der Waals surface area contributed by atoms with Gasteiger partial charge >= 0.3 is 0 Å².